The van der Waals surface area contributed by atoms with Gasteiger partial charge in [0.25, 0.3) is 0 Å². The van der Waals surface area contributed by atoms with Gasteiger partial charge < -0.3 is 89.9 Å². The molecule has 3 aliphatic heterocycles. The number of rotatable bonds is 37. The molecule has 0 saturated carbocycles. The standard InChI is InChI=1S/C57H93NO18/c1-3-5-7-9-11-13-14-15-16-17-18-19-20-21-22-23-24-25-26-27-29-31-33-35-45(63)58-40(41(62)34-32-30-28-12-10-8-6-4-2)39-71-55-51(69)48(66)53(43(37-60)73-55)76-57-52(70)49(67)54(44(38-61)74-57)75-56-50(68)47(65)46(64)42(36-59)72-56/h5,7,10-13,15-16,18-19,21-22,24-25,32,34,40-44,46-57,59-62,64-70H,3-4,6,8-9,14,17,20,23,26-31,33,35-39H2,1-2H3,(H,58,63)/b7-5-,12-10+,13-11-,16-15-,19-18-,22-21-,25-24-,34-32+. The summed E-state index contributed by atoms with van der Waals surface area (Å²) in [5, 5.41) is 120. The van der Waals surface area contributed by atoms with Crippen molar-refractivity contribution in [2.24, 2.45) is 0 Å². The van der Waals surface area contributed by atoms with Crippen molar-refractivity contribution >= 4 is 5.91 Å². The first-order valence-corrected chi connectivity index (χ1v) is 27.5. The van der Waals surface area contributed by atoms with Crippen LogP contribution >= 0.6 is 0 Å². The molecule has 3 aliphatic rings. The lowest BCUT2D eigenvalue weighted by Gasteiger charge is -2.48. The lowest BCUT2D eigenvalue weighted by atomic mass is 9.96. The molecule has 17 unspecified atom stereocenters. The molecule has 0 bridgehead atoms. The summed E-state index contributed by atoms with van der Waals surface area (Å²) in [5.74, 6) is -0.320. The zero-order valence-corrected chi connectivity index (χ0v) is 44.7. The Labute approximate surface area is 450 Å². The number of amides is 1. The minimum absolute atomic E-state index is 0.198. The van der Waals surface area contributed by atoms with Crippen LogP contribution in [0.4, 0.5) is 0 Å². The average Bonchev–Trinajstić information content (AvgIpc) is 3.42. The fourth-order valence-electron chi connectivity index (χ4n) is 8.54. The zero-order valence-electron chi connectivity index (χ0n) is 44.7. The summed E-state index contributed by atoms with van der Waals surface area (Å²) in [4.78, 5) is 13.2. The molecule has 0 aromatic carbocycles. The van der Waals surface area contributed by atoms with Gasteiger partial charge in [0.1, 0.15) is 73.2 Å². The SMILES string of the molecule is CC/C=C\C/C=C\C/C=C\C/C=C\C/C=C\C/C=C\CCCCCCC(=O)NC(COC1OC(CO)C(OC2OC(CO)C(OC3OC(CO)C(O)C(O)C3O)C(O)C2O)C(O)C1O)C(O)/C=C/CC/C=C/CCCC. The van der Waals surface area contributed by atoms with Gasteiger partial charge in [-0.2, -0.15) is 0 Å². The normalized spacial score (nSPS) is 31.7. The van der Waals surface area contributed by atoms with Crippen LogP contribution in [-0.4, -0.2) is 193 Å². The molecule has 3 fully saturated rings. The summed E-state index contributed by atoms with van der Waals surface area (Å²) in [5.41, 5.74) is 0. The van der Waals surface area contributed by atoms with E-state index in [4.69, 9.17) is 28.4 Å². The summed E-state index contributed by atoms with van der Waals surface area (Å²) < 4.78 is 34.0. The van der Waals surface area contributed by atoms with Crippen LogP contribution in [0.15, 0.2) is 97.2 Å². The van der Waals surface area contributed by atoms with E-state index in [0.717, 1.165) is 89.9 Å². The van der Waals surface area contributed by atoms with E-state index in [1.165, 1.54) is 0 Å². The fourth-order valence-corrected chi connectivity index (χ4v) is 8.54. The van der Waals surface area contributed by atoms with Gasteiger partial charge in [-0.05, 0) is 77.0 Å². The third-order valence-corrected chi connectivity index (χ3v) is 13.1. The Morgan fingerprint density at radius 3 is 1.46 bits per heavy atom. The molecular weight excluding hydrogens is 987 g/mol. The molecule has 1 amide bonds. The van der Waals surface area contributed by atoms with Crippen molar-refractivity contribution < 1.29 is 89.4 Å². The van der Waals surface area contributed by atoms with Crippen molar-refractivity contribution in [2.45, 2.75) is 227 Å². The first kappa shape index (κ1) is 67.0. The second-order valence-electron chi connectivity index (χ2n) is 19.3. The van der Waals surface area contributed by atoms with Crippen LogP contribution in [0.25, 0.3) is 0 Å². The summed E-state index contributed by atoms with van der Waals surface area (Å²) in [6, 6.07) is -1.01. The van der Waals surface area contributed by atoms with E-state index < -0.39 is 124 Å². The lowest BCUT2D eigenvalue weighted by molar-refractivity contribution is -0.379. The van der Waals surface area contributed by atoms with Crippen molar-refractivity contribution in [1.82, 2.24) is 5.32 Å². The van der Waals surface area contributed by atoms with Gasteiger partial charge in [-0.3, -0.25) is 4.79 Å². The number of allylic oxidation sites excluding steroid dienone is 15. The van der Waals surface area contributed by atoms with Crippen LogP contribution < -0.4 is 5.32 Å². The molecule has 19 nitrogen and oxygen atoms in total. The minimum atomic E-state index is -1.99. The molecule has 0 aliphatic carbocycles. The molecule has 3 saturated heterocycles. The largest absolute Gasteiger partial charge is 0.394 e. The second kappa shape index (κ2) is 40.0. The highest BCUT2D eigenvalue weighted by Crippen LogP contribution is 2.33. The Morgan fingerprint density at radius 2 is 0.921 bits per heavy atom. The lowest BCUT2D eigenvalue weighted by Crippen LogP contribution is -2.66. The number of aliphatic hydroxyl groups is 11. The third kappa shape index (κ3) is 24.4. The molecule has 434 valence electrons. The number of ether oxygens (including phenoxy) is 6. The Balaban J connectivity index is 1.49. The van der Waals surface area contributed by atoms with Crippen LogP contribution in [0.2, 0.25) is 0 Å². The van der Waals surface area contributed by atoms with Gasteiger partial charge in [0.2, 0.25) is 5.91 Å². The quantitative estimate of drug-likeness (QED) is 0.0313. The van der Waals surface area contributed by atoms with Gasteiger partial charge in [-0.25, -0.2) is 0 Å². The Kier molecular flexibility index (Phi) is 35.2. The van der Waals surface area contributed by atoms with E-state index in [2.05, 4.69) is 104 Å². The number of unbranched alkanes of at least 4 members (excludes halogenated alkanes) is 7. The number of hydrogen-bond donors (Lipinski definition) is 12. The van der Waals surface area contributed by atoms with E-state index >= 15 is 0 Å². The molecule has 76 heavy (non-hydrogen) atoms. The third-order valence-electron chi connectivity index (χ3n) is 13.1. The Bertz CT molecular complexity index is 1770. The van der Waals surface area contributed by atoms with Gasteiger partial charge in [0.05, 0.1) is 38.6 Å². The average molecular weight is 1080 g/mol. The predicted molar refractivity (Wildman–Crippen MR) is 286 cm³/mol. The molecule has 0 aromatic rings. The van der Waals surface area contributed by atoms with E-state index in [1.807, 2.05) is 0 Å². The van der Waals surface area contributed by atoms with Crippen LogP contribution in [0, 0.1) is 0 Å². The maximum absolute atomic E-state index is 13.2. The first-order chi connectivity index (χ1) is 36.8. The van der Waals surface area contributed by atoms with E-state index in [0.29, 0.717) is 12.8 Å². The van der Waals surface area contributed by atoms with E-state index in [1.54, 1.807) is 12.2 Å². The first-order valence-electron chi connectivity index (χ1n) is 27.5. The minimum Gasteiger partial charge on any atom is -0.394 e. The number of hydrogen-bond acceptors (Lipinski definition) is 18. The van der Waals surface area contributed by atoms with Crippen molar-refractivity contribution in [3.05, 3.63) is 97.2 Å². The molecule has 0 aromatic heterocycles. The highest BCUT2D eigenvalue weighted by atomic mass is 16.8. The van der Waals surface area contributed by atoms with Gasteiger partial charge in [-0.15, -0.1) is 0 Å². The molecule has 3 rings (SSSR count). The zero-order chi connectivity index (χ0) is 55.5. The topological polar surface area (TPSA) is 307 Å². The molecule has 0 radical (unpaired) electrons. The van der Waals surface area contributed by atoms with Gasteiger partial charge in [-0.1, -0.05) is 137 Å². The Hall–Kier alpha value is -3.29. The highest BCUT2D eigenvalue weighted by Gasteiger charge is 2.53. The number of aliphatic hydroxyl groups excluding tert-OH is 11. The number of carbonyl (C=O) groups excluding carboxylic acids is 1. The second-order valence-corrected chi connectivity index (χ2v) is 19.3. The highest BCUT2D eigenvalue weighted by molar-refractivity contribution is 5.76. The fraction of sp³-hybridized carbons (Fsp3) is 0.702. The smallest absolute Gasteiger partial charge is 0.220 e. The molecule has 0 spiro atoms. The number of carbonyl (C=O) groups is 1. The summed E-state index contributed by atoms with van der Waals surface area (Å²) in [6.45, 7) is 1.43. The van der Waals surface area contributed by atoms with Gasteiger partial charge >= 0.3 is 0 Å². The molecule has 3 heterocycles. The maximum Gasteiger partial charge on any atom is 0.220 e. The molecule has 17 atom stereocenters. The van der Waals surface area contributed by atoms with E-state index in [9.17, 15) is 61.0 Å². The van der Waals surface area contributed by atoms with Crippen molar-refractivity contribution in [3.63, 3.8) is 0 Å². The Morgan fingerprint density at radius 1 is 0.487 bits per heavy atom. The van der Waals surface area contributed by atoms with Crippen molar-refractivity contribution in [2.75, 3.05) is 26.4 Å². The summed E-state index contributed by atoms with van der Waals surface area (Å²) in [6.07, 6.45) is 21.5. The van der Waals surface area contributed by atoms with Gasteiger partial charge in [0.15, 0.2) is 18.9 Å². The van der Waals surface area contributed by atoms with Crippen LogP contribution in [0.3, 0.4) is 0 Å². The molecule has 19 heteroatoms. The van der Waals surface area contributed by atoms with Crippen LogP contribution in [0.5, 0.6) is 0 Å². The van der Waals surface area contributed by atoms with Crippen molar-refractivity contribution in [3.8, 4) is 0 Å². The summed E-state index contributed by atoms with van der Waals surface area (Å²) in [7, 11) is 0. The maximum atomic E-state index is 13.2. The molecule has 12 N–H and O–H groups in total. The van der Waals surface area contributed by atoms with Crippen molar-refractivity contribution in [1.29, 1.82) is 0 Å². The molecular formula is C57H93NO18. The summed E-state index contributed by atoms with van der Waals surface area (Å²) >= 11 is 0. The van der Waals surface area contributed by atoms with Crippen LogP contribution in [-0.2, 0) is 33.2 Å². The van der Waals surface area contributed by atoms with Gasteiger partial charge in [0, 0.05) is 6.42 Å². The monoisotopic (exact) mass is 1080 g/mol. The van der Waals surface area contributed by atoms with E-state index in [-0.39, 0.29) is 18.9 Å². The van der Waals surface area contributed by atoms with Crippen LogP contribution in [0.1, 0.15) is 123 Å². The predicted octanol–water partition coefficient (Wildman–Crippen LogP) is 3.42. The number of nitrogens with one attached hydrogen (secondary N) is 1.